The van der Waals surface area contributed by atoms with E-state index < -0.39 is 8.32 Å². The maximum absolute atomic E-state index is 6.86. The molecule has 0 bridgehead atoms. The molecule has 0 radical (unpaired) electrons. The number of methoxy groups -OCH3 is 1. The predicted molar refractivity (Wildman–Crippen MR) is 158 cm³/mol. The van der Waals surface area contributed by atoms with Gasteiger partial charge in [0.25, 0.3) is 0 Å². The Labute approximate surface area is 237 Å². The van der Waals surface area contributed by atoms with Crippen molar-refractivity contribution in [2.75, 3.05) is 27.1 Å². The third-order valence-corrected chi connectivity index (χ3v) is 12.1. The van der Waals surface area contributed by atoms with Crippen molar-refractivity contribution in [3.8, 4) is 11.8 Å². The number of hydrogen-bond donors (Lipinski definition) is 0. The molecule has 0 spiro atoms. The van der Waals surface area contributed by atoms with E-state index in [0.717, 1.165) is 19.3 Å². The molecule has 2 aliphatic heterocycles. The molecule has 0 aromatic heterocycles. The van der Waals surface area contributed by atoms with E-state index in [4.69, 9.17) is 28.1 Å². The van der Waals surface area contributed by atoms with Crippen LogP contribution in [0, 0.1) is 11.8 Å². The van der Waals surface area contributed by atoms with Gasteiger partial charge in [0, 0.05) is 13.5 Å². The lowest BCUT2D eigenvalue weighted by molar-refractivity contribution is -0.112. The van der Waals surface area contributed by atoms with Gasteiger partial charge in [0.1, 0.15) is 19.5 Å². The minimum Gasteiger partial charge on any atom is -0.408 e. The standard InChI is InChI=1S/C32H48O6Si/c1-32(2,3)39(5,6)38-31(18-12-7-8-13-22-34-25-33-4)30-21-20-29(37-30)28-19-14-17-27(36-28)24-35-23-26-15-10-9-11-16-26/h9-12,14-16,18-19,27-31H,7,17,20-25H2,1-6H3/b18-12+/t27-,28+,29-,30-,31+/m0/s1. The smallest absolute Gasteiger partial charge is 0.193 e. The molecular formula is C32H48O6Si. The van der Waals surface area contributed by atoms with Crippen molar-refractivity contribution in [3.63, 3.8) is 0 Å². The second kappa shape index (κ2) is 15.9. The summed E-state index contributed by atoms with van der Waals surface area (Å²) in [5.41, 5.74) is 1.17. The third-order valence-electron chi connectivity index (χ3n) is 7.59. The van der Waals surface area contributed by atoms with Gasteiger partial charge >= 0.3 is 0 Å². The molecule has 0 N–H and O–H groups in total. The predicted octanol–water partition coefficient (Wildman–Crippen LogP) is 6.43. The van der Waals surface area contributed by atoms with Crippen LogP contribution in [0.3, 0.4) is 0 Å². The normalized spacial score (nSPS) is 24.6. The third kappa shape index (κ3) is 10.6. The Balaban J connectivity index is 1.55. The van der Waals surface area contributed by atoms with Gasteiger partial charge in [-0.25, -0.2) is 0 Å². The van der Waals surface area contributed by atoms with Crippen molar-refractivity contribution in [2.24, 2.45) is 0 Å². The summed E-state index contributed by atoms with van der Waals surface area (Å²) in [4.78, 5) is 0. The van der Waals surface area contributed by atoms with Gasteiger partial charge in [-0.2, -0.15) is 0 Å². The molecule has 5 atom stereocenters. The zero-order chi connectivity index (χ0) is 28.1. The van der Waals surface area contributed by atoms with Gasteiger partial charge in [0.2, 0.25) is 0 Å². The SMILES string of the molecule is COCOCC#CC/C=C/[C@@H](O[Si](C)(C)C(C)(C)C)[C@@H]1CC[C@@H]([C@H]2C=CC[C@@H](COCc3ccccc3)O2)O1. The fourth-order valence-corrected chi connectivity index (χ4v) is 5.64. The summed E-state index contributed by atoms with van der Waals surface area (Å²) in [7, 11) is -0.402. The van der Waals surface area contributed by atoms with Crippen molar-refractivity contribution in [2.45, 2.75) is 102 Å². The average molecular weight is 557 g/mol. The van der Waals surface area contributed by atoms with Crippen LogP contribution in [0.15, 0.2) is 54.6 Å². The van der Waals surface area contributed by atoms with Gasteiger partial charge in [-0.3, -0.25) is 0 Å². The molecule has 1 fully saturated rings. The number of benzene rings is 1. The molecule has 1 aromatic carbocycles. The fraction of sp³-hybridized carbons (Fsp3) is 0.625. The number of hydrogen-bond acceptors (Lipinski definition) is 6. The maximum atomic E-state index is 6.86. The molecule has 216 valence electrons. The lowest BCUT2D eigenvalue weighted by atomic mass is 10.0. The van der Waals surface area contributed by atoms with E-state index >= 15 is 0 Å². The monoisotopic (exact) mass is 556 g/mol. The molecule has 3 rings (SSSR count). The van der Waals surface area contributed by atoms with Crippen LogP contribution in [0.5, 0.6) is 0 Å². The van der Waals surface area contributed by atoms with Crippen LogP contribution in [-0.2, 0) is 34.7 Å². The molecule has 7 heteroatoms. The van der Waals surface area contributed by atoms with Crippen molar-refractivity contribution in [1.82, 2.24) is 0 Å². The molecule has 2 aliphatic rings. The molecule has 6 nitrogen and oxygen atoms in total. The summed E-state index contributed by atoms with van der Waals surface area (Å²) in [6.45, 7) is 13.2. The molecular weight excluding hydrogens is 508 g/mol. The maximum Gasteiger partial charge on any atom is 0.193 e. The fourth-order valence-electron chi connectivity index (χ4n) is 4.38. The highest BCUT2D eigenvalue weighted by molar-refractivity contribution is 6.74. The highest BCUT2D eigenvalue weighted by Gasteiger charge is 2.43. The van der Waals surface area contributed by atoms with E-state index in [0.29, 0.717) is 26.2 Å². The summed E-state index contributed by atoms with van der Waals surface area (Å²) in [6, 6.07) is 10.2. The number of rotatable bonds is 13. The van der Waals surface area contributed by atoms with Crippen LogP contribution in [0.2, 0.25) is 18.1 Å². The lowest BCUT2D eigenvalue weighted by Crippen LogP contribution is -2.46. The first kappa shape index (κ1) is 31.8. The average Bonchev–Trinajstić information content (AvgIpc) is 3.40. The Kier molecular flexibility index (Phi) is 12.9. The van der Waals surface area contributed by atoms with E-state index in [2.05, 4.69) is 82.1 Å². The van der Waals surface area contributed by atoms with Gasteiger partial charge in [-0.1, -0.05) is 87.2 Å². The van der Waals surface area contributed by atoms with Crippen molar-refractivity contribution >= 4 is 8.32 Å². The number of ether oxygens (including phenoxy) is 5. The summed E-state index contributed by atoms with van der Waals surface area (Å²) >= 11 is 0. The van der Waals surface area contributed by atoms with Crippen LogP contribution >= 0.6 is 0 Å². The summed E-state index contributed by atoms with van der Waals surface area (Å²) < 4.78 is 36.0. The quantitative estimate of drug-likeness (QED) is 0.0918. The molecule has 2 heterocycles. The van der Waals surface area contributed by atoms with Crippen LogP contribution in [0.1, 0.15) is 52.0 Å². The van der Waals surface area contributed by atoms with Crippen molar-refractivity contribution in [3.05, 3.63) is 60.2 Å². The van der Waals surface area contributed by atoms with E-state index in [1.54, 1.807) is 7.11 Å². The Morgan fingerprint density at radius 3 is 2.62 bits per heavy atom. The molecule has 0 amide bonds. The Bertz CT molecular complexity index is 958. The molecule has 1 aromatic rings. The van der Waals surface area contributed by atoms with Gasteiger partial charge < -0.3 is 28.1 Å². The highest BCUT2D eigenvalue weighted by atomic mass is 28.4. The van der Waals surface area contributed by atoms with Gasteiger partial charge in [-0.05, 0) is 43.0 Å². The van der Waals surface area contributed by atoms with E-state index in [-0.39, 0.29) is 42.4 Å². The first-order chi connectivity index (χ1) is 18.7. The molecule has 1 saturated heterocycles. The zero-order valence-corrected chi connectivity index (χ0v) is 25.7. The van der Waals surface area contributed by atoms with Crippen molar-refractivity contribution < 1.29 is 28.1 Å². The summed E-state index contributed by atoms with van der Waals surface area (Å²) in [5.74, 6) is 6.15. The van der Waals surface area contributed by atoms with E-state index in [9.17, 15) is 0 Å². The largest absolute Gasteiger partial charge is 0.408 e. The number of allylic oxidation sites excluding steroid dienone is 1. The summed E-state index contributed by atoms with van der Waals surface area (Å²) in [5, 5.41) is 0.109. The highest BCUT2D eigenvalue weighted by Crippen LogP contribution is 2.39. The van der Waals surface area contributed by atoms with Crippen LogP contribution in [-0.4, -0.2) is 66.0 Å². The van der Waals surface area contributed by atoms with Crippen molar-refractivity contribution in [1.29, 1.82) is 0 Å². The summed E-state index contributed by atoms with van der Waals surface area (Å²) in [6.07, 6.45) is 11.9. The first-order valence-corrected chi connectivity index (χ1v) is 17.1. The van der Waals surface area contributed by atoms with Gasteiger partial charge in [0.05, 0.1) is 37.6 Å². The van der Waals surface area contributed by atoms with E-state index in [1.165, 1.54) is 5.56 Å². The molecule has 0 aliphatic carbocycles. The van der Waals surface area contributed by atoms with Crippen LogP contribution in [0.4, 0.5) is 0 Å². The molecule has 0 saturated carbocycles. The lowest BCUT2D eigenvalue weighted by Gasteiger charge is -2.40. The van der Waals surface area contributed by atoms with Gasteiger partial charge in [0.15, 0.2) is 8.32 Å². The Morgan fingerprint density at radius 2 is 1.87 bits per heavy atom. The van der Waals surface area contributed by atoms with E-state index in [1.807, 2.05) is 18.2 Å². The minimum atomic E-state index is -2.00. The van der Waals surface area contributed by atoms with Crippen LogP contribution < -0.4 is 0 Å². The molecule has 39 heavy (non-hydrogen) atoms. The van der Waals surface area contributed by atoms with Crippen LogP contribution in [0.25, 0.3) is 0 Å². The molecule has 0 unspecified atom stereocenters. The Hall–Kier alpha value is -1.76. The second-order valence-electron chi connectivity index (χ2n) is 11.8. The zero-order valence-electron chi connectivity index (χ0n) is 24.7. The topological polar surface area (TPSA) is 55.4 Å². The second-order valence-corrected chi connectivity index (χ2v) is 16.5. The Morgan fingerprint density at radius 1 is 1.08 bits per heavy atom. The minimum absolute atomic E-state index is 0.00919. The first-order valence-electron chi connectivity index (χ1n) is 14.2. The van der Waals surface area contributed by atoms with Gasteiger partial charge in [-0.15, -0.1) is 0 Å².